The van der Waals surface area contributed by atoms with Gasteiger partial charge in [0.1, 0.15) is 6.33 Å². The summed E-state index contributed by atoms with van der Waals surface area (Å²) in [5.41, 5.74) is 1.81. The zero-order valence-corrected chi connectivity index (χ0v) is 16.6. The Bertz CT molecular complexity index is 1630. The normalized spacial score (nSPS) is 12.6. The predicted octanol–water partition coefficient (Wildman–Crippen LogP) is 3.33. The summed E-state index contributed by atoms with van der Waals surface area (Å²) >= 11 is 0. The lowest BCUT2D eigenvalue weighted by Gasteiger charge is -2.11. The van der Waals surface area contributed by atoms with E-state index in [2.05, 4.69) is 24.3 Å². The molecule has 5 rings (SSSR count). The lowest BCUT2D eigenvalue weighted by Crippen LogP contribution is -2.28. The fourth-order valence-electron chi connectivity index (χ4n) is 3.44. The first-order valence-electron chi connectivity index (χ1n) is 8.94. The number of hydrogen-bond donors (Lipinski definition) is 1. The fourth-order valence-corrected chi connectivity index (χ4v) is 3.91. The zero-order valence-electron chi connectivity index (χ0n) is 15.8. The van der Waals surface area contributed by atoms with Gasteiger partial charge >= 0.3 is 15.6 Å². The second-order valence-corrected chi connectivity index (χ2v) is 8.22. The Kier molecular flexibility index (Phi) is 4.20. The number of para-hydroxylation sites is 1. The highest BCUT2D eigenvalue weighted by atomic mass is 32.2. The Morgan fingerprint density at radius 2 is 1.72 bits per heavy atom. The first kappa shape index (κ1) is 19.9. The molecular weight excluding hydrogens is 449 g/mol. The van der Waals surface area contributed by atoms with Gasteiger partial charge in [0.05, 0.1) is 21.9 Å². The molecule has 0 aliphatic rings. The number of nitrogens with zero attached hydrogens (tertiary/aromatic N) is 5. The van der Waals surface area contributed by atoms with Crippen molar-refractivity contribution in [3.8, 4) is 11.6 Å². The summed E-state index contributed by atoms with van der Waals surface area (Å²) in [6.07, 6.45) is 1.27. The van der Waals surface area contributed by atoms with Gasteiger partial charge in [-0.2, -0.15) is 21.6 Å². The summed E-state index contributed by atoms with van der Waals surface area (Å²) in [5.74, 6) is -0.0305. The molecule has 0 bridgehead atoms. The van der Waals surface area contributed by atoms with Crippen molar-refractivity contribution < 1.29 is 25.8 Å². The average Bonchev–Trinajstić information content (AvgIpc) is 3.08. The number of alkyl halides is 3. The van der Waals surface area contributed by atoms with Crippen LogP contribution in [-0.2, 0) is 10.1 Å². The van der Waals surface area contributed by atoms with Crippen molar-refractivity contribution in [1.82, 2.24) is 24.7 Å². The SMILES string of the molecule is Nc1ncnc2cc(-n3c4ccccc4c4c(OS(=O)(=O)C(F)(F)F)cccc43)nnc12. The van der Waals surface area contributed by atoms with Gasteiger partial charge in [-0.1, -0.05) is 24.3 Å². The number of hydrogen-bond acceptors (Lipinski definition) is 8. The zero-order chi connectivity index (χ0) is 22.7. The number of halogens is 3. The van der Waals surface area contributed by atoms with E-state index >= 15 is 0 Å². The molecule has 0 saturated heterocycles. The van der Waals surface area contributed by atoms with Crippen LogP contribution in [-0.4, -0.2) is 38.7 Å². The molecule has 0 fully saturated rings. The highest BCUT2D eigenvalue weighted by molar-refractivity contribution is 7.88. The van der Waals surface area contributed by atoms with E-state index in [1.54, 1.807) is 41.0 Å². The molecule has 2 N–H and O–H groups in total. The Balaban J connectivity index is 1.82. The van der Waals surface area contributed by atoms with Gasteiger partial charge in [-0.3, -0.25) is 4.57 Å². The standard InChI is InChI=1S/C19H11F3N6O3S/c20-19(21,22)32(29,30)31-14-7-3-6-13-16(14)10-4-1-2-5-12(10)28(13)15-8-11-17(27-26-15)18(23)25-9-24-11/h1-9H,(H2,23,24,25). The van der Waals surface area contributed by atoms with Gasteiger partial charge in [0.2, 0.25) is 0 Å². The monoisotopic (exact) mass is 460 g/mol. The minimum atomic E-state index is -5.87. The maximum Gasteiger partial charge on any atom is 0.534 e. The second-order valence-electron chi connectivity index (χ2n) is 6.68. The summed E-state index contributed by atoms with van der Waals surface area (Å²) in [5, 5.41) is 8.86. The lowest BCUT2D eigenvalue weighted by molar-refractivity contribution is -0.0499. The van der Waals surface area contributed by atoms with Gasteiger partial charge in [0.15, 0.2) is 22.9 Å². The number of anilines is 1. The summed E-state index contributed by atoms with van der Waals surface area (Å²) in [6.45, 7) is 0. The Labute approximate surface area is 177 Å². The predicted molar refractivity (Wildman–Crippen MR) is 109 cm³/mol. The molecule has 0 atom stereocenters. The van der Waals surface area contributed by atoms with Crippen LogP contribution in [0.25, 0.3) is 38.7 Å². The molecule has 13 heteroatoms. The van der Waals surface area contributed by atoms with Gasteiger partial charge in [0.25, 0.3) is 0 Å². The summed E-state index contributed by atoms with van der Waals surface area (Å²) < 4.78 is 68.2. The van der Waals surface area contributed by atoms with Crippen LogP contribution in [0.15, 0.2) is 54.9 Å². The van der Waals surface area contributed by atoms with Gasteiger partial charge in [-0.25, -0.2) is 9.97 Å². The Hall–Kier alpha value is -4.00. The number of nitrogen functional groups attached to an aromatic ring is 1. The van der Waals surface area contributed by atoms with Crippen molar-refractivity contribution in [2.24, 2.45) is 0 Å². The molecule has 0 aliphatic heterocycles. The number of fused-ring (bicyclic) bond motifs is 4. The summed E-state index contributed by atoms with van der Waals surface area (Å²) in [7, 11) is -5.87. The highest BCUT2D eigenvalue weighted by Gasteiger charge is 2.48. The van der Waals surface area contributed by atoms with Crippen molar-refractivity contribution in [1.29, 1.82) is 0 Å². The topological polar surface area (TPSA) is 126 Å². The number of aromatic nitrogens is 5. The third-order valence-electron chi connectivity index (χ3n) is 4.77. The van der Waals surface area contributed by atoms with E-state index in [1.165, 1.54) is 12.4 Å². The van der Waals surface area contributed by atoms with E-state index < -0.39 is 21.4 Å². The van der Waals surface area contributed by atoms with Crippen LogP contribution in [0.5, 0.6) is 5.75 Å². The largest absolute Gasteiger partial charge is 0.534 e. The Morgan fingerprint density at radius 3 is 2.50 bits per heavy atom. The molecule has 9 nitrogen and oxygen atoms in total. The molecule has 0 saturated carbocycles. The van der Waals surface area contributed by atoms with Crippen LogP contribution in [0.3, 0.4) is 0 Å². The van der Waals surface area contributed by atoms with E-state index in [1.807, 2.05) is 0 Å². The van der Waals surface area contributed by atoms with Crippen molar-refractivity contribution in [2.45, 2.75) is 5.51 Å². The van der Waals surface area contributed by atoms with Crippen LogP contribution < -0.4 is 9.92 Å². The minimum Gasteiger partial charge on any atom is -0.382 e. The molecule has 0 amide bonds. The molecule has 162 valence electrons. The average molecular weight is 460 g/mol. The summed E-state index contributed by atoms with van der Waals surface area (Å²) in [6, 6.07) is 12.5. The molecular formula is C19H11F3N6O3S. The molecule has 3 aromatic heterocycles. The summed E-state index contributed by atoms with van der Waals surface area (Å²) in [4.78, 5) is 7.99. The Morgan fingerprint density at radius 1 is 0.969 bits per heavy atom. The maximum absolute atomic E-state index is 12.9. The van der Waals surface area contributed by atoms with E-state index in [4.69, 9.17) is 5.73 Å². The van der Waals surface area contributed by atoms with Gasteiger partial charge in [-0.15, -0.1) is 10.2 Å². The molecule has 0 spiro atoms. The highest BCUT2D eigenvalue weighted by Crippen LogP contribution is 2.39. The van der Waals surface area contributed by atoms with Gasteiger partial charge in [-0.05, 0) is 18.2 Å². The molecule has 0 unspecified atom stereocenters. The van der Waals surface area contributed by atoms with Gasteiger partial charge < -0.3 is 9.92 Å². The third kappa shape index (κ3) is 2.97. The molecule has 0 radical (unpaired) electrons. The molecule has 0 aliphatic carbocycles. The van der Waals surface area contributed by atoms with Crippen LogP contribution in [0.2, 0.25) is 0 Å². The van der Waals surface area contributed by atoms with E-state index in [0.717, 1.165) is 6.07 Å². The number of benzene rings is 2. The quantitative estimate of drug-likeness (QED) is 0.321. The third-order valence-corrected chi connectivity index (χ3v) is 5.73. The second kappa shape index (κ2) is 6.75. The van der Waals surface area contributed by atoms with Crippen molar-refractivity contribution in [3.05, 3.63) is 54.9 Å². The van der Waals surface area contributed by atoms with Crippen molar-refractivity contribution >= 4 is 48.8 Å². The molecule has 5 aromatic rings. The molecule has 32 heavy (non-hydrogen) atoms. The number of nitrogens with two attached hydrogens (primary N) is 1. The first-order chi connectivity index (χ1) is 15.2. The van der Waals surface area contributed by atoms with Crippen LogP contribution in [0.1, 0.15) is 0 Å². The number of rotatable bonds is 3. The molecule has 2 aromatic carbocycles. The fraction of sp³-hybridized carbons (Fsp3) is 0.0526. The van der Waals surface area contributed by atoms with E-state index in [9.17, 15) is 21.6 Å². The van der Waals surface area contributed by atoms with E-state index in [-0.39, 0.29) is 22.5 Å². The van der Waals surface area contributed by atoms with E-state index in [0.29, 0.717) is 21.9 Å². The minimum absolute atomic E-state index is 0.143. The lowest BCUT2D eigenvalue weighted by atomic mass is 10.1. The first-order valence-corrected chi connectivity index (χ1v) is 10.4. The van der Waals surface area contributed by atoms with Crippen LogP contribution in [0, 0.1) is 0 Å². The van der Waals surface area contributed by atoms with Crippen LogP contribution in [0.4, 0.5) is 19.0 Å². The molecule has 3 heterocycles. The van der Waals surface area contributed by atoms with Crippen LogP contribution >= 0.6 is 0 Å². The smallest absolute Gasteiger partial charge is 0.382 e. The van der Waals surface area contributed by atoms with Crippen molar-refractivity contribution in [2.75, 3.05) is 5.73 Å². The van der Waals surface area contributed by atoms with Crippen molar-refractivity contribution in [3.63, 3.8) is 0 Å². The maximum atomic E-state index is 12.9. The van der Waals surface area contributed by atoms with Gasteiger partial charge in [0, 0.05) is 11.5 Å².